The molecule has 1 fully saturated rings. The molecule has 0 unspecified atom stereocenters. The zero-order valence-corrected chi connectivity index (χ0v) is 14.0. The van der Waals surface area contributed by atoms with E-state index in [2.05, 4.69) is 15.9 Å². The van der Waals surface area contributed by atoms with Crippen molar-refractivity contribution in [3.63, 3.8) is 0 Å². The molecule has 0 N–H and O–H groups in total. The Morgan fingerprint density at radius 1 is 1.19 bits per heavy atom. The van der Waals surface area contributed by atoms with Gasteiger partial charge in [0.25, 0.3) is 5.91 Å². The largest absolute Gasteiger partial charge is 0.337 e. The van der Waals surface area contributed by atoms with Gasteiger partial charge in [0.2, 0.25) is 0 Å². The number of rotatable bonds is 2. The van der Waals surface area contributed by atoms with Crippen molar-refractivity contribution in [2.45, 2.75) is 12.8 Å². The Morgan fingerprint density at radius 2 is 1.86 bits per heavy atom. The number of likely N-dealkylation sites (tertiary alicyclic amines) is 1. The van der Waals surface area contributed by atoms with Crippen molar-refractivity contribution in [1.82, 2.24) is 4.90 Å². The highest BCUT2D eigenvalue weighted by Gasteiger charge is 2.32. The molecule has 0 aliphatic carbocycles. The summed E-state index contributed by atoms with van der Waals surface area (Å²) in [4.78, 5) is 14.4. The van der Waals surface area contributed by atoms with Gasteiger partial charge in [0, 0.05) is 28.5 Å². The smallest absolute Gasteiger partial charge is 0.255 e. The van der Waals surface area contributed by atoms with E-state index in [4.69, 9.17) is 11.6 Å². The minimum atomic E-state index is 0.0933. The number of hydrogen-bond acceptors (Lipinski definition) is 1. The molecule has 2 aromatic carbocycles. The lowest BCUT2D eigenvalue weighted by Crippen LogP contribution is -2.48. The molecule has 2 nitrogen and oxygen atoms in total. The summed E-state index contributed by atoms with van der Waals surface area (Å²) in [5, 5.41) is 0.745. The van der Waals surface area contributed by atoms with Gasteiger partial charge in [-0.2, -0.15) is 0 Å². The average Bonchev–Trinajstić information content (AvgIpc) is 2.42. The molecule has 0 spiro atoms. The second-order valence-electron chi connectivity index (χ2n) is 5.40. The van der Waals surface area contributed by atoms with Crippen molar-refractivity contribution in [3.8, 4) is 0 Å². The van der Waals surface area contributed by atoms with E-state index < -0.39 is 0 Å². The van der Waals surface area contributed by atoms with Crippen LogP contribution in [0.3, 0.4) is 0 Å². The second kappa shape index (κ2) is 5.82. The number of hydrogen-bond donors (Lipinski definition) is 0. The molecule has 0 saturated carbocycles. The molecule has 4 heteroatoms. The van der Waals surface area contributed by atoms with E-state index in [0.717, 1.165) is 33.7 Å². The molecule has 1 aliphatic rings. The fourth-order valence-corrected chi connectivity index (χ4v) is 3.13. The van der Waals surface area contributed by atoms with E-state index in [1.54, 1.807) is 0 Å². The van der Waals surface area contributed by atoms with Gasteiger partial charge in [-0.05, 0) is 52.2 Å². The van der Waals surface area contributed by atoms with Crippen LogP contribution in [0.25, 0.3) is 0 Å². The number of carbonyl (C=O) groups excluding carboxylic acids is 1. The maximum absolute atomic E-state index is 12.5. The normalized spacial score (nSPS) is 14.9. The van der Waals surface area contributed by atoms with Gasteiger partial charge in [-0.3, -0.25) is 4.79 Å². The third kappa shape index (κ3) is 2.85. The SMILES string of the molecule is Cc1cccc(C(=O)N2CC(c3ccc(Cl)cc3)C2)c1Br. The molecule has 1 heterocycles. The van der Waals surface area contributed by atoms with Gasteiger partial charge in [-0.1, -0.05) is 35.9 Å². The van der Waals surface area contributed by atoms with Crippen LogP contribution in [0.5, 0.6) is 0 Å². The molecule has 1 saturated heterocycles. The number of halogens is 2. The maximum Gasteiger partial charge on any atom is 0.255 e. The molecular weight excluding hydrogens is 350 g/mol. The number of nitrogens with zero attached hydrogens (tertiary/aromatic N) is 1. The van der Waals surface area contributed by atoms with Gasteiger partial charge in [0.15, 0.2) is 0 Å². The Balaban J connectivity index is 1.70. The van der Waals surface area contributed by atoms with Gasteiger partial charge in [0.1, 0.15) is 0 Å². The fourth-order valence-electron chi connectivity index (χ4n) is 2.57. The Labute approximate surface area is 137 Å². The third-order valence-corrected chi connectivity index (χ3v) is 5.24. The number of benzene rings is 2. The van der Waals surface area contributed by atoms with E-state index >= 15 is 0 Å². The standard InChI is InChI=1S/C17H15BrClNO/c1-11-3-2-4-15(16(11)18)17(21)20-9-13(10-20)12-5-7-14(19)8-6-12/h2-8,13H,9-10H2,1H3. The van der Waals surface area contributed by atoms with Gasteiger partial charge >= 0.3 is 0 Å². The van der Waals surface area contributed by atoms with E-state index in [1.807, 2.05) is 54.3 Å². The van der Waals surface area contributed by atoms with Crippen LogP contribution in [-0.4, -0.2) is 23.9 Å². The van der Waals surface area contributed by atoms with E-state index in [9.17, 15) is 4.79 Å². The summed E-state index contributed by atoms with van der Waals surface area (Å²) < 4.78 is 0.893. The first-order chi connectivity index (χ1) is 10.1. The molecule has 2 aromatic rings. The van der Waals surface area contributed by atoms with Crippen LogP contribution >= 0.6 is 27.5 Å². The second-order valence-corrected chi connectivity index (χ2v) is 6.62. The van der Waals surface area contributed by atoms with Gasteiger partial charge in [0.05, 0.1) is 5.56 Å². The van der Waals surface area contributed by atoms with Gasteiger partial charge < -0.3 is 4.90 Å². The fraction of sp³-hybridized carbons (Fsp3) is 0.235. The minimum Gasteiger partial charge on any atom is -0.337 e. The van der Waals surface area contributed by atoms with Gasteiger partial charge in [-0.25, -0.2) is 0 Å². The van der Waals surface area contributed by atoms with Gasteiger partial charge in [-0.15, -0.1) is 0 Å². The van der Waals surface area contributed by atoms with Crippen LogP contribution in [0.1, 0.15) is 27.4 Å². The Kier molecular flexibility index (Phi) is 4.05. The maximum atomic E-state index is 12.5. The zero-order chi connectivity index (χ0) is 15.0. The summed E-state index contributed by atoms with van der Waals surface area (Å²) in [6.07, 6.45) is 0. The number of aryl methyl sites for hydroxylation is 1. The van der Waals surface area contributed by atoms with Crippen LogP contribution < -0.4 is 0 Å². The third-order valence-electron chi connectivity index (χ3n) is 3.93. The Bertz CT molecular complexity index is 678. The van der Waals surface area contributed by atoms with E-state index in [0.29, 0.717) is 5.92 Å². The van der Waals surface area contributed by atoms with Crippen molar-refractivity contribution in [3.05, 3.63) is 68.7 Å². The highest BCUT2D eigenvalue weighted by Crippen LogP contribution is 2.31. The molecular formula is C17H15BrClNO. The summed E-state index contributed by atoms with van der Waals surface area (Å²) in [5.74, 6) is 0.505. The van der Waals surface area contributed by atoms with Crippen LogP contribution in [0.15, 0.2) is 46.9 Å². The van der Waals surface area contributed by atoms with Crippen molar-refractivity contribution in [2.75, 3.05) is 13.1 Å². The summed E-state index contributed by atoms with van der Waals surface area (Å²) in [6.45, 7) is 3.52. The highest BCUT2D eigenvalue weighted by molar-refractivity contribution is 9.10. The Morgan fingerprint density at radius 3 is 2.52 bits per heavy atom. The molecule has 1 amide bonds. The summed E-state index contributed by atoms with van der Waals surface area (Å²) in [6, 6.07) is 13.7. The van der Waals surface area contributed by atoms with Crippen LogP contribution in [0.4, 0.5) is 0 Å². The average molecular weight is 365 g/mol. The van der Waals surface area contributed by atoms with E-state index in [1.165, 1.54) is 5.56 Å². The molecule has 3 rings (SSSR count). The molecule has 21 heavy (non-hydrogen) atoms. The number of amides is 1. The lowest BCUT2D eigenvalue weighted by atomic mass is 9.91. The predicted molar refractivity (Wildman–Crippen MR) is 89.0 cm³/mol. The molecule has 0 bridgehead atoms. The highest BCUT2D eigenvalue weighted by atomic mass is 79.9. The first kappa shape index (κ1) is 14.6. The van der Waals surface area contributed by atoms with Crippen LogP contribution in [-0.2, 0) is 0 Å². The van der Waals surface area contributed by atoms with Crippen molar-refractivity contribution < 1.29 is 4.79 Å². The molecule has 0 aromatic heterocycles. The molecule has 1 aliphatic heterocycles. The Hall–Kier alpha value is -1.32. The zero-order valence-electron chi connectivity index (χ0n) is 11.6. The van der Waals surface area contributed by atoms with Crippen molar-refractivity contribution in [2.24, 2.45) is 0 Å². The molecule has 0 radical (unpaired) electrons. The summed E-state index contributed by atoms with van der Waals surface area (Å²) in [5.41, 5.74) is 3.06. The summed E-state index contributed by atoms with van der Waals surface area (Å²) in [7, 11) is 0. The lowest BCUT2D eigenvalue weighted by Gasteiger charge is -2.40. The van der Waals surface area contributed by atoms with Crippen LogP contribution in [0, 0.1) is 6.92 Å². The predicted octanol–water partition coefficient (Wildman–Crippen LogP) is 4.65. The first-order valence-corrected chi connectivity index (χ1v) is 8.03. The minimum absolute atomic E-state index is 0.0933. The quantitative estimate of drug-likeness (QED) is 0.759. The first-order valence-electron chi connectivity index (χ1n) is 6.86. The lowest BCUT2D eigenvalue weighted by molar-refractivity contribution is 0.0601. The topological polar surface area (TPSA) is 20.3 Å². The number of carbonyl (C=O) groups is 1. The van der Waals surface area contributed by atoms with Crippen LogP contribution in [0.2, 0.25) is 5.02 Å². The van der Waals surface area contributed by atoms with Crippen molar-refractivity contribution in [1.29, 1.82) is 0 Å². The van der Waals surface area contributed by atoms with Crippen molar-refractivity contribution >= 4 is 33.4 Å². The summed E-state index contributed by atoms with van der Waals surface area (Å²) >= 11 is 9.41. The van der Waals surface area contributed by atoms with E-state index in [-0.39, 0.29) is 5.91 Å². The molecule has 0 atom stereocenters. The molecule has 108 valence electrons. The monoisotopic (exact) mass is 363 g/mol.